The number of rotatable bonds is 8. The van der Waals surface area contributed by atoms with Crippen LogP contribution in [0.15, 0.2) is 29.2 Å². The summed E-state index contributed by atoms with van der Waals surface area (Å²) in [5.74, 6) is 0.440. The summed E-state index contributed by atoms with van der Waals surface area (Å²) in [7, 11) is 0. The Bertz CT molecular complexity index is 464. The first-order valence-corrected chi connectivity index (χ1v) is 9.37. The number of amides is 1. The van der Waals surface area contributed by atoms with E-state index < -0.39 is 0 Å². The summed E-state index contributed by atoms with van der Waals surface area (Å²) in [6.45, 7) is 1.41. The average molecular weight is 342 g/mol. The summed E-state index contributed by atoms with van der Waals surface area (Å²) in [6.07, 6.45) is 7.64. The van der Waals surface area contributed by atoms with Crippen LogP contribution in [0.25, 0.3) is 0 Å². The van der Waals surface area contributed by atoms with Gasteiger partial charge in [-0.3, -0.25) is 4.79 Å². The van der Waals surface area contributed by atoms with Gasteiger partial charge in [-0.1, -0.05) is 43.0 Å². The van der Waals surface area contributed by atoms with Crippen molar-refractivity contribution in [1.82, 2.24) is 5.32 Å². The first kappa shape index (κ1) is 17.6. The van der Waals surface area contributed by atoms with Gasteiger partial charge in [0.25, 0.3) is 0 Å². The summed E-state index contributed by atoms with van der Waals surface area (Å²) in [5, 5.41) is 3.62. The van der Waals surface area contributed by atoms with Gasteiger partial charge in [0.05, 0.1) is 16.9 Å². The number of nitrogens with one attached hydrogen (secondary N) is 1. The number of benzene rings is 1. The third-order valence-electron chi connectivity index (χ3n) is 3.74. The van der Waals surface area contributed by atoms with Crippen LogP contribution in [0.4, 0.5) is 0 Å². The van der Waals surface area contributed by atoms with Crippen molar-refractivity contribution in [2.45, 2.75) is 49.5 Å². The summed E-state index contributed by atoms with van der Waals surface area (Å²) >= 11 is 7.52. The molecular formula is C17H24ClNO2S. The van der Waals surface area contributed by atoms with Crippen LogP contribution in [0.3, 0.4) is 0 Å². The van der Waals surface area contributed by atoms with Crippen molar-refractivity contribution >= 4 is 29.3 Å². The fourth-order valence-electron chi connectivity index (χ4n) is 2.54. The maximum absolute atomic E-state index is 11.8. The Labute approximate surface area is 142 Å². The molecule has 0 saturated heterocycles. The molecule has 1 aromatic carbocycles. The van der Waals surface area contributed by atoms with Crippen LogP contribution in [0.5, 0.6) is 0 Å². The summed E-state index contributed by atoms with van der Waals surface area (Å²) in [5.41, 5.74) is 0. The molecule has 0 aliphatic heterocycles. The highest BCUT2D eigenvalue weighted by Crippen LogP contribution is 2.26. The zero-order valence-electron chi connectivity index (χ0n) is 12.9. The lowest BCUT2D eigenvalue weighted by atomic mass is 9.98. The van der Waals surface area contributed by atoms with Crippen LogP contribution in [0.1, 0.15) is 38.5 Å². The van der Waals surface area contributed by atoms with E-state index in [2.05, 4.69) is 5.32 Å². The van der Waals surface area contributed by atoms with E-state index in [-0.39, 0.29) is 5.91 Å². The number of hydrogen-bond acceptors (Lipinski definition) is 3. The monoisotopic (exact) mass is 341 g/mol. The smallest absolute Gasteiger partial charge is 0.230 e. The Balaban J connectivity index is 1.51. The molecule has 3 nitrogen and oxygen atoms in total. The van der Waals surface area contributed by atoms with Crippen molar-refractivity contribution in [3.05, 3.63) is 29.3 Å². The van der Waals surface area contributed by atoms with E-state index in [9.17, 15) is 4.79 Å². The van der Waals surface area contributed by atoms with Gasteiger partial charge in [-0.05, 0) is 31.4 Å². The fourth-order valence-corrected chi connectivity index (χ4v) is 3.61. The lowest BCUT2D eigenvalue weighted by Gasteiger charge is -2.21. The first-order valence-electron chi connectivity index (χ1n) is 8.01. The Morgan fingerprint density at radius 3 is 2.82 bits per heavy atom. The topological polar surface area (TPSA) is 38.3 Å². The van der Waals surface area contributed by atoms with E-state index in [0.29, 0.717) is 23.4 Å². The van der Waals surface area contributed by atoms with E-state index in [4.69, 9.17) is 16.3 Å². The Kier molecular flexibility index (Phi) is 8.13. The van der Waals surface area contributed by atoms with E-state index in [1.165, 1.54) is 43.9 Å². The van der Waals surface area contributed by atoms with Crippen LogP contribution in [-0.2, 0) is 9.53 Å². The lowest BCUT2D eigenvalue weighted by molar-refractivity contribution is -0.118. The molecule has 1 N–H and O–H groups in total. The number of ether oxygens (including phenoxy) is 1. The standard InChI is InChI=1S/C17H24ClNO2S/c18-15-9-4-5-10-16(15)22-13-17(20)19-11-6-12-21-14-7-2-1-3-8-14/h4-5,9-10,14H,1-3,6-8,11-13H2,(H,19,20). The second-order valence-electron chi connectivity index (χ2n) is 5.55. The molecule has 0 heterocycles. The summed E-state index contributed by atoms with van der Waals surface area (Å²) < 4.78 is 5.84. The van der Waals surface area contributed by atoms with E-state index in [1.807, 2.05) is 24.3 Å². The molecule has 1 aliphatic carbocycles. The van der Waals surface area contributed by atoms with Gasteiger partial charge in [-0.15, -0.1) is 11.8 Å². The van der Waals surface area contributed by atoms with Gasteiger partial charge < -0.3 is 10.1 Å². The first-order chi connectivity index (χ1) is 10.8. The molecule has 0 aromatic heterocycles. The Morgan fingerprint density at radius 1 is 1.27 bits per heavy atom. The van der Waals surface area contributed by atoms with Crippen molar-refractivity contribution in [2.24, 2.45) is 0 Å². The van der Waals surface area contributed by atoms with Crippen molar-refractivity contribution in [1.29, 1.82) is 0 Å². The molecule has 122 valence electrons. The largest absolute Gasteiger partial charge is 0.378 e. The van der Waals surface area contributed by atoms with Gasteiger partial charge in [0.15, 0.2) is 0 Å². The van der Waals surface area contributed by atoms with Gasteiger partial charge in [-0.2, -0.15) is 0 Å². The highest BCUT2D eigenvalue weighted by molar-refractivity contribution is 8.00. The van der Waals surface area contributed by atoms with Gasteiger partial charge in [0.2, 0.25) is 5.91 Å². The number of carbonyl (C=O) groups excluding carboxylic acids is 1. The molecule has 1 aliphatic rings. The lowest BCUT2D eigenvalue weighted by Crippen LogP contribution is -2.27. The Morgan fingerprint density at radius 2 is 2.05 bits per heavy atom. The van der Waals surface area contributed by atoms with Gasteiger partial charge >= 0.3 is 0 Å². The third kappa shape index (κ3) is 6.59. The molecule has 1 amide bonds. The number of halogens is 1. The molecule has 0 atom stereocenters. The highest BCUT2D eigenvalue weighted by atomic mass is 35.5. The SMILES string of the molecule is O=C(CSc1ccccc1Cl)NCCCOC1CCCCC1. The van der Waals surface area contributed by atoms with E-state index >= 15 is 0 Å². The van der Waals surface area contributed by atoms with E-state index in [0.717, 1.165) is 17.9 Å². The zero-order valence-corrected chi connectivity index (χ0v) is 14.4. The molecule has 0 bridgehead atoms. The molecule has 2 rings (SSSR count). The zero-order chi connectivity index (χ0) is 15.6. The van der Waals surface area contributed by atoms with Crippen LogP contribution >= 0.6 is 23.4 Å². The molecule has 1 fully saturated rings. The second kappa shape index (κ2) is 10.1. The van der Waals surface area contributed by atoms with Crippen molar-refractivity contribution in [2.75, 3.05) is 18.9 Å². The molecule has 1 saturated carbocycles. The van der Waals surface area contributed by atoms with Gasteiger partial charge in [0, 0.05) is 18.0 Å². The van der Waals surface area contributed by atoms with E-state index in [1.54, 1.807) is 0 Å². The van der Waals surface area contributed by atoms with Crippen molar-refractivity contribution in [3.8, 4) is 0 Å². The van der Waals surface area contributed by atoms with Crippen LogP contribution < -0.4 is 5.32 Å². The maximum Gasteiger partial charge on any atom is 0.230 e. The molecule has 22 heavy (non-hydrogen) atoms. The fraction of sp³-hybridized carbons (Fsp3) is 0.588. The third-order valence-corrected chi connectivity index (χ3v) is 5.26. The Hall–Kier alpha value is -0.710. The average Bonchev–Trinajstić information content (AvgIpc) is 2.55. The van der Waals surface area contributed by atoms with Crippen LogP contribution in [0, 0.1) is 0 Å². The van der Waals surface area contributed by atoms with Crippen LogP contribution in [-0.4, -0.2) is 30.9 Å². The summed E-state index contributed by atoms with van der Waals surface area (Å²) in [4.78, 5) is 12.7. The number of hydrogen-bond donors (Lipinski definition) is 1. The predicted molar refractivity (Wildman–Crippen MR) is 92.6 cm³/mol. The minimum absolute atomic E-state index is 0.0441. The van der Waals surface area contributed by atoms with Crippen molar-refractivity contribution < 1.29 is 9.53 Å². The molecule has 5 heteroatoms. The van der Waals surface area contributed by atoms with Crippen LogP contribution in [0.2, 0.25) is 5.02 Å². The number of thioether (sulfide) groups is 1. The summed E-state index contributed by atoms with van der Waals surface area (Å²) in [6, 6.07) is 7.58. The second-order valence-corrected chi connectivity index (χ2v) is 6.98. The highest BCUT2D eigenvalue weighted by Gasteiger charge is 2.13. The minimum atomic E-state index is 0.0441. The number of carbonyl (C=O) groups is 1. The molecule has 0 spiro atoms. The minimum Gasteiger partial charge on any atom is -0.378 e. The molecule has 0 radical (unpaired) electrons. The van der Waals surface area contributed by atoms with Gasteiger partial charge in [0.1, 0.15) is 0 Å². The normalized spacial score (nSPS) is 15.7. The molecule has 1 aromatic rings. The van der Waals surface area contributed by atoms with Gasteiger partial charge in [-0.25, -0.2) is 0 Å². The van der Waals surface area contributed by atoms with Crippen molar-refractivity contribution in [3.63, 3.8) is 0 Å². The maximum atomic E-state index is 11.8. The molecule has 0 unspecified atom stereocenters. The predicted octanol–water partition coefficient (Wildman–Crippen LogP) is 4.29. The molecular weight excluding hydrogens is 318 g/mol. The quantitative estimate of drug-likeness (QED) is 0.566.